The molecule has 0 heterocycles. The second-order valence-corrected chi connectivity index (χ2v) is 8.60. The Balaban J connectivity index is 2.13. The van der Waals surface area contributed by atoms with Crippen LogP contribution in [0.1, 0.15) is 26.3 Å². The molecule has 0 spiro atoms. The Labute approximate surface area is 191 Å². The summed E-state index contributed by atoms with van der Waals surface area (Å²) < 4.78 is 5.32. The second kappa shape index (κ2) is 10.5. The Morgan fingerprint density at radius 3 is 2.39 bits per heavy atom. The number of benzene rings is 2. The molecule has 0 aliphatic heterocycles. The van der Waals surface area contributed by atoms with Gasteiger partial charge in [0, 0.05) is 5.69 Å². The van der Waals surface area contributed by atoms with E-state index in [2.05, 4.69) is 10.6 Å². The fourth-order valence-corrected chi connectivity index (χ4v) is 3.06. The number of hydrogen-bond acceptors (Lipinski definition) is 4. The van der Waals surface area contributed by atoms with E-state index in [0.29, 0.717) is 5.69 Å². The summed E-state index contributed by atoms with van der Waals surface area (Å²) in [6, 6.07) is 11.4. The van der Waals surface area contributed by atoms with E-state index in [1.54, 1.807) is 57.2 Å². The van der Waals surface area contributed by atoms with Gasteiger partial charge in [0.25, 0.3) is 0 Å². The van der Waals surface area contributed by atoms with Gasteiger partial charge in [0.05, 0.1) is 22.3 Å². The fraction of sp³-hybridized carbons (Fsp3) is 0.318. The first-order valence-electron chi connectivity index (χ1n) is 9.54. The lowest BCUT2D eigenvalue weighted by Gasteiger charge is -2.26. The molecule has 0 fully saturated rings. The maximum atomic E-state index is 12.9. The van der Waals surface area contributed by atoms with Crippen LogP contribution in [0.4, 0.5) is 16.2 Å². The highest BCUT2D eigenvalue weighted by Crippen LogP contribution is 2.32. The lowest BCUT2D eigenvalue weighted by Crippen LogP contribution is -2.45. The third kappa shape index (κ3) is 7.77. The van der Waals surface area contributed by atoms with E-state index in [9.17, 15) is 14.4 Å². The highest BCUT2D eigenvalue weighted by molar-refractivity contribution is 6.44. The molecule has 9 heteroatoms. The Kier molecular flexibility index (Phi) is 8.30. The van der Waals surface area contributed by atoms with Crippen LogP contribution >= 0.6 is 23.2 Å². The number of halogens is 2. The van der Waals surface area contributed by atoms with Gasteiger partial charge in [-0.05, 0) is 57.5 Å². The maximum absolute atomic E-state index is 12.9. The summed E-state index contributed by atoms with van der Waals surface area (Å²) in [6.45, 7) is 6.30. The zero-order chi connectivity index (χ0) is 23.2. The summed E-state index contributed by atoms with van der Waals surface area (Å²) in [6.07, 6.45) is 0. The molecule has 31 heavy (non-hydrogen) atoms. The monoisotopic (exact) mass is 465 g/mol. The van der Waals surface area contributed by atoms with Crippen LogP contribution in [0.2, 0.25) is 10.0 Å². The molecule has 0 radical (unpaired) electrons. The summed E-state index contributed by atoms with van der Waals surface area (Å²) in [5.41, 5.74) is 1.09. The zero-order valence-electron chi connectivity index (χ0n) is 17.8. The van der Waals surface area contributed by atoms with Gasteiger partial charge < -0.3 is 15.4 Å². The second-order valence-electron chi connectivity index (χ2n) is 7.82. The van der Waals surface area contributed by atoms with E-state index < -0.39 is 30.1 Å². The minimum atomic E-state index is -0.726. The smallest absolute Gasteiger partial charge is 0.326 e. The molecule has 0 aliphatic rings. The van der Waals surface area contributed by atoms with Crippen LogP contribution in [-0.2, 0) is 14.3 Å². The molecule has 0 aliphatic carbocycles. The fourth-order valence-electron chi connectivity index (χ4n) is 2.66. The van der Waals surface area contributed by atoms with Crippen LogP contribution in [0, 0.1) is 6.92 Å². The van der Waals surface area contributed by atoms with Crippen molar-refractivity contribution < 1.29 is 19.1 Å². The van der Waals surface area contributed by atoms with Gasteiger partial charge in [0.2, 0.25) is 5.91 Å². The molecule has 2 aromatic rings. The van der Waals surface area contributed by atoms with Crippen molar-refractivity contribution in [2.45, 2.75) is 33.3 Å². The zero-order valence-corrected chi connectivity index (χ0v) is 19.3. The number of carbonyl (C=O) groups is 3. The first kappa shape index (κ1) is 24.5. The first-order chi connectivity index (χ1) is 14.5. The molecule has 7 nitrogen and oxygen atoms in total. The maximum Gasteiger partial charge on any atom is 0.326 e. The van der Waals surface area contributed by atoms with Crippen molar-refractivity contribution in [2.24, 2.45) is 0 Å². The third-order valence-electron chi connectivity index (χ3n) is 3.91. The van der Waals surface area contributed by atoms with Gasteiger partial charge in [-0.1, -0.05) is 41.4 Å². The SMILES string of the molecule is Cc1cccc(NC(=O)NCC(=O)N(CC(=O)OC(C)(C)C)c2cccc(Cl)c2Cl)c1. The van der Waals surface area contributed by atoms with Gasteiger partial charge in [0.1, 0.15) is 12.1 Å². The van der Waals surface area contributed by atoms with Crippen LogP contribution in [0.5, 0.6) is 0 Å². The van der Waals surface area contributed by atoms with E-state index in [1.165, 1.54) is 0 Å². The molecular formula is C22H25Cl2N3O4. The van der Waals surface area contributed by atoms with Crippen LogP contribution in [0.25, 0.3) is 0 Å². The number of ether oxygens (including phenoxy) is 1. The van der Waals surface area contributed by atoms with Gasteiger partial charge in [-0.25, -0.2) is 4.79 Å². The van der Waals surface area contributed by atoms with E-state index in [4.69, 9.17) is 27.9 Å². The van der Waals surface area contributed by atoms with Gasteiger partial charge in [-0.2, -0.15) is 0 Å². The number of carbonyl (C=O) groups excluding carboxylic acids is 3. The standard InChI is InChI=1S/C22H25Cl2N3O4/c1-14-7-5-8-15(11-14)26-21(30)25-12-18(28)27(13-19(29)31-22(2,3)4)17-10-6-9-16(23)20(17)24/h5-11H,12-13H2,1-4H3,(H2,25,26,30). The molecule has 0 aromatic heterocycles. The lowest BCUT2D eigenvalue weighted by molar-refractivity contribution is -0.153. The Bertz CT molecular complexity index is 973. The van der Waals surface area contributed by atoms with Crippen LogP contribution < -0.4 is 15.5 Å². The topological polar surface area (TPSA) is 87.7 Å². The van der Waals surface area contributed by atoms with Gasteiger partial charge in [0.15, 0.2) is 0 Å². The third-order valence-corrected chi connectivity index (χ3v) is 4.72. The van der Waals surface area contributed by atoms with Gasteiger partial charge >= 0.3 is 12.0 Å². The average Bonchev–Trinajstić information content (AvgIpc) is 2.65. The number of nitrogens with one attached hydrogen (secondary N) is 2. The number of aryl methyl sites for hydroxylation is 1. The normalized spacial score (nSPS) is 10.9. The highest BCUT2D eigenvalue weighted by Gasteiger charge is 2.25. The lowest BCUT2D eigenvalue weighted by atomic mass is 10.2. The number of esters is 1. The minimum Gasteiger partial charge on any atom is -0.459 e. The summed E-state index contributed by atoms with van der Waals surface area (Å²) in [5.74, 6) is -1.18. The first-order valence-corrected chi connectivity index (χ1v) is 10.3. The molecule has 0 atom stereocenters. The van der Waals surface area contributed by atoms with E-state index in [1.807, 2.05) is 13.0 Å². The molecule has 0 saturated carbocycles. The molecule has 0 bridgehead atoms. The van der Waals surface area contributed by atoms with Crippen LogP contribution in [-0.4, -0.2) is 36.6 Å². The summed E-state index contributed by atoms with van der Waals surface area (Å²) >= 11 is 12.3. The van der Waals surface area contributed by atoms with Gasteiger partial charge in [-0.15, -0.1) is 0 Å². The molecule has 2 N–H and O–H groups in total. The van der Waals surface area contributed by atoms with Crippen molar-refractivity contribution in [1.82, 2.24) is 5.32 Å². The average molecular weight is 466 g/mol. The Hall–Kier alpha value is -2.77. The summed E-state index contributed by atoms with van der Waals surface area (Å²) in [5, 5.41) is 5.48. The number of rotatable bonds is 6. The van der Waals surface area contributed by atoms with Crippen LogP contribution in [0.3, 0.4) is 0 Å². The van der Waals surface area contributed by atoms with E-state index in [0.717, 1.165) is 10.5 Å². The predicted molar refractivity (Wildman–Crippen MR) is 123 cm³/mol. The molecule has 166 valence electrons. The molecule has 0 unspecified atom stereocenters. The summed E-state index contributed by atoms with van der Waals surface area (Å²) in [7, 11) is 0. The number of nitrogens with zero attached hydrogens (tertiary/aromatic N) is 1. The van der Waals surface area contributed by atoms with Crippen molar-refractivity contribution in [1.29, 1.82) is 0 Å². The van der Waals surface area contributed by atoms with Crippen molar-refractivity contribution in [3.8, 4) is 0 Å². The number of anilines is 2. The van der Waals surface area contributed by atoms with E-state index >= 15 is 0 Å². The quantitative estimate of drug-likeness (QED) is 0.599. The van der Waals surface area contributed by atoms with E-state index in [-0.39, 0.29) is 22.3 Å². The molecule has 3 amide bonds. The summed E-state index contributed by atoms with van der Waals surface area (Å²) in [4.78, 5) is 38.6. The molecule has 0 saturated heterocycles. The molecule has 2 rings (SSSR count). The number of urea groups is 1. The molecular weight excluding hydrogens is 441 g/mol. The number of amides is 3. The molecule has 2 aromatic carbocycles. The van der Waals surface area contributed by atoms with Crippen molar-refractivity contribution >= 4 is 52.5 Å². The minimum absolute atomic E-state index is 0.116. The van der Waals surface area contributed by atoms with Crippen molar-refractivity contribution in [3.63, 3.8) is 0 Å². The highest BCUT2D eigenvalue weighted by atomic mass is 35.5. The van der Waals surface area contributed by atoms with Crippen molar-refractivity contribution in [3.05, 3.63) is 58.1 Å². The predicted octanol–water partition coefficient (Wildman–Crippen LogP) is 4.80. The van der Waals surface area contributed by atoms with Crippen molar-refractivity contribution in [2.75, 3.05) is 23.3 Å². The number of hydrogen-bond donors (Lipinski definition) is 2. The Morgan fingerprint density at radius 2 is 1.74 bits per heavy atom. The Morgan fingerprint density at radius 1 is 1.06 bits per heavy atom. The van der Waals surface area contributed by atoms with Gasteiger partial charge in [-0.3, -0.25) is 14.5 Å². The largest absolute Gasteiger partial charge is 0.459 e. The van der Waals surface area contributed by atoms with Crippen LogP contribution in [0.15, 0.2) is 42.5 Å².